The Kier molecular flexibility index (Phi) is 7.75. The van der Waals surface area contributed by atoms with Crippen LogP contribution in [0.1, 0.15) is 50.2 Å². The molecule has 0 saturated carbocycles. The molecule has 1 aliphatic carbocycles. The van der Waals surface area contributed by atoms with Gasteiger partial charge in [-0.05, 0) is 72.9 Å². The van der Waals surface area contributed by atoms with Crippen LogP contribution in [0.25, 0.3) is 0 Å². The number of hydrogen-bond donors (Lipinski definition) is 1. The lowest BCUT2D eigenvalue weighted by Crippen LogP contribution is -2.53. The smallest absolute Gasteiger partial charge is 0.435 e. The van der Waals surface area contributed by atoms with Crippen LogP contribution < -0.4 is 0 Å². The Morgan fingerprint density at radius 3 is 2.11 bits per heavy atom. The van der Waals surface area contributed by atoms with Crippen molar-refractivity contribution in [2.75, 3.05) is 6.54 Å². The molecule has 6 nitrogen and oxygen atoms in total. The van der Waals surface area contributed by atoms with E-state index in [0.29, 0.717) is 12.1 Å². The number of carboxylic acids is 1. The molecule has 240 valence electrons. The molecule has 16 heteroatoms. The highest BCUT2D eigenvalue weighted by Gasteiger charge is 2.73. The largest absolute Gasteiger partial charge is 0.478 e. The predicted molar refractivity (Wildman–Crippen MR) is 143 cm³/mol. The van der Waals surface area contributed by atoms with E-state index < -0.39 is 78.8 Å². The van der Waals surface area contributed by atoms with Crippen LogP contribution >= 0.6 is 11.6 Å². The number of alkyl halides is 7. The molecule has 3 aromatic rings. The molecule has 3 aromatic carbocycles. The number of rotatable bonds is 5. The van der Waals surface area contributed by atoms with Gasteiger partial charge in [-0.2, -0.15) is 26.3 Å². The molecule has 1 fully saturated rings. The van der Waals surface area contributed by atoms with E-state index in [0.717, 1.165) is 41.3 Å². The van der Waals surface area contributed by atoms with Crippen LogP contribution in [0.2, 0.25) is 5.02 Å². The summed E-state index contributed by atoms with van der Waals surface area (Å²) in [4.78, 5) is 26.0. The maximum atomic E-state index is 15.0. The molecule has 2 atom stereocenters. The van der Waals surface area contributed by atoms with Crippen molar-refractivity contribution in [2.24, 2.45) is 0 Å². The number of carbonyl (C=O) groups excluding carboxylic acids is 1. The summed E-state index contributed by atoms with van der Waals surface area (Å²) in [6, 6.07) is 6.91. The van der Waals surface area contributed by atoms with Gasteiger partial charge in [0, 0.05) is 17.7 Å². The maximum Gasteiger partial charge on any atom is 0.435 e. The molecule has 1 N–H and O–H groups in total. The van der Waals surface area contributed by atoms with Gasteiger partial charge in [-0.1, -0.05) is 29.8 Å². The van der Waals surface area contributed by atoms with Gasteiger partial charge in [0.1, 0.15) is 10.6 Å². The third kappa shape index (κ3) is 4.85. The Morgan fingerprint density at radius 1 is 0.911 bits per heavy atom. The third-order valence-electron chi connectivity index (χ3n) is 8.37. The second kappa shape index (κ2) is 10.7. The number of benzene rings is 3. The summed E-state index contributed by atoms with van der Waals surface area (Å²) in [5, 5.41) is 9.24. The van der Waals surface area contributed by atoms with Gasteiger partial charge in [-0.15, -0.1) is 0 Å². The number of likely N-dealkylation sites (tertiary alicyclic amines) is 1. The molecular formula is C29H20ClF8NO5S. The van der Waals surface area contributed by atoms with Crippen LogP contribution in [0.15, 0.2) is 65.6 Å². The van der Waals surface area contributed by atoms with Crippen LogP contribution in [0, 0.1) is 5.82 Å². The lowest BCUT2D eigenvalue weighted by molar-refractivity contribution is -0.348. The number of hydrogen-bond acceptors (Lipinski definition) is 4. The van der Waals surface area contributed by atoms with Crippen LogP contribution in [0.4, 0.5) is 35.1 Å². The molecular weight excluding hydrogens is 662 g/mol. The Morgan fingerprint density at radius 2 is 1.53 bits per heavy atom. The van der Waals surface area contributed by atoms with E-state index in [2.05, 4.69) is 0 Å². The number of nitrogens with zero attached hydrogens (tertiary/aromatic N) is 1. The van der Waals surface area contributed by atoms with Crippen LogP contribution in [-0.2, 0) is 26.7 Å². The predicted octanol–water partition coefficient (Wildman–Crippen LogP) is 7.00. The lowest BCUT2D eigenvalue weighted by Gasteiger charge is -2.43. The number of aromatic carboxylic acids is 1. The monoisotopic (exact) mass is 681 g/mol. The van der Waals surface area contributed by atoms with Crippen molar-refractivity contribution in [3.05, 3.63) is 99.3 Å². The van der Waals surface area contributed by atoms with Gasteiger partial charge in [0.05, 0.1) is 21.5 Å². The van der Waals surface area contributed by atoms with Gasteiger partial charge in [-0.25, -0.2) is 22.0 Å². The highest BCUT2D eigenvalue weighted by Crippen LogP contribution is 2.56. The van der Waals surface area contributed by atoms with Crippen molar-refractivity contribution in [1.29, 1.82) is 0 Å². The van der Waals surface area contributed by atoms with Crippen LogP contribution in [0.3, 0.4) is 0 Å². The van der Waals surface area contributed by atoms with Crippen LogP contribution in [-0.4, -0.2) is 55.2 Å². The number of amides is 1. The second-order valence-electron chi connectivity index (χ2n) is 10.7. The number of halogens is 9. The molecule has 45 heavy (non-hydrogen) atoms. The summed E-state index contributed by atoms with van der Waals surface area (Å²) in [6.07, 6.45) is -13.8. The number of fused-ring (bicyclic) bond motifs is 3. The van der Waals surface area contributed by atoms with Gasteiger partial charge < -0.3 is 10.0 Å². The fourth-order valence-corrected chi connectivity index (χ4v) is 8.85. The topological polar surface area (TPSA) is 91.8 Å². The molecule has 0 spiro atoms. The molecule has 0 aromatic heterocycles. The molecule has 1 heterocycles. The summed E-state index contributed by atoms with van der Waals surface area (Å²) < 4.78 is 137. The Labute approximate surface area is 255 Å². The van der Waals surface area contributed by atoms with E-state index in [1.165, 1.54) is 6.07 Å². The summed E-state index contributed by atoms with van der Waals surface area (Å²) in [5.74, 6) is -3.06. The SMILES string of the molecule is O=C(O)c1cc(C(=O)N2CC[C@]3(S(=O)(=O)c4ccc(F)cc4)c4ccc(C(F)(C(F)(F)F)C(F)(F)F)cc4CC[C@H]23)ccc1Cl. The minimum Gasteiger partial charge on any atom is -0.478 e. The molecule has 0 radical (unpaired) electrons. The first-order chi connectivity index (χ1) is 20.8. The van der Waals surface area contributed by atoms with E-state index >= 15 is 0 Å². The van der Waals surface area contributed by atoms with Gasteiger partial charge in [0.2, 0.25) is 0 Å². The molecule has 0 unspecified atom stereocenters. The van der Waals surface area contributed by atoms with Crippen LogP contribution in [0.5, 0.6) is 0 Å². The zero-order chi connectivity index (χ0) is 33.3. The summed E-state index contributed by atoms with van der Waals surface area (Å²) in [7, 11) is -4.69. The normalized spacial score (nSPS) is 20.5. The molecule has 5 rings (SSSR count). The van der Waals surface area contributed by atoms with Gasteiger partial charge in [-0.3, -0.25) is 4.79 Å². The molecule has 1 amide bonds. The maximum absolute atomic E-state index is 15.0. The molecule has 1 aliphatic heterocycles. The summed E-state index contributed by atoms with van der Waals surface area (Å²) >= 11 is 5.91. The second-order valence-corrected chi connectivity index (χ2v) is 13.3. The Bertz CT molecular complexity index is 1800. The standard InChI is InChI=1S/C29H20ClF8NO5S/c30-22-9-1-16(14-20(22)25(41)42)24(40)39-12-11-26(45(43,44)19-6-4-18(31)5-7-19)21-8-3-17(13-15(21)2-10-23(26)39)27(32,28(33,34)35)29(36,37)38/h1,3-9,13-14,23H,2,10-12H2,(H,41,42)/t23-,26-/m0/s1. The highest BCUT2D eigenvalue weighted by molar-refractivity contribution is 7.92. The van der Waals surface area contributed by atoms with E-state index in [-0.39, 0.29) is 47.2 Å². The Balaban J connectivity index is 1.70. The summed E-state index contributed by atoms with van der Waals surface area (Å²) in [6.45, 7) is -0.283. The van der Waals surface area contributed by atoms with Crippen molar-refractivity contribution in [2.45, 2.75) is 53.0 Å². The summed E-state index contributed by atoms with van der Waals surface area (Å²) in [5.41, 5.74) is -8.69. The highest BCUT2D eigenvalue weighted by atomic mass is 35.5. The van der Waals surface area contributed by atoms with E-state index in [1.54, 1.807) is 0 Å². The minimum atomic E-state index is -6.40. The first-order valence-electron chi connectivity index (χ1n) is 13.1. The average Bonchev–Trinajstić information content (AvgIpc) is 3.37. The van der Waals surface area contributed by atoms with E-state index in [4.69, 9.17) is 11.6 Å². The molecule has 0 bridgehead atoms. The number of carbonyl (C=O) groups is 2. The fraction of sp³-hybridized carbons (Fsp3) is 0.310. The van der Waals surface area contributed by atoms with Crippen molar-refractivity contribution >= 4 is 33.3 Å². The van der Waals surface area contributed by atoms with E-state index in [1.807, 2.05) is 0 Å². The fourth-order valence-electron chi connectivity index (χ4n) is 6.29. The average molecular weight is 682 g/mol. The van der Waals surface area contributed by atoms with Crippen molar-refractivity contribution in [3.8, 4) is 0 Å². The number of sulfone groups is 1. The van der Waals surface area contributed by atoms with Gasteiger partial charge in [0.15, 0.2) is 9.84 Å². The van der Waals surface area contributed by atoms with Gasteiger partial charge >= 0.3 is 24.0 Å². The van der Waals surface area contributed by atoms with Gasteiger partial charge in [0.25, 0.3) is 5.91 Å². The molecule has 1 saturated heterocycles. The minimum absolute atomic E-state index is 0.175. The van der Waals surface area contributed by atoms with Crippen molar-refractivity contribution in [3.63, 3.8) is 0 Å². The lowest BCUT2D eigenvalue weighted by atomic mass is 9.76. The quantitative estimate of drug-likeness (QED) is 0.232. The molecule has 2 aliphatic rings. The first-order valence-corrected chi connectivity index (χ1v) is 14.9. The van der Waals surface area contributed by atoms with Crippen molar-refractivity contribution in [1.82, 2.24) is 4.90 Å². The van der Waals surface area contributed by atoms with Crippen molar-refractivity contribution < 1.29 is 58.2 Å². The Hall–Kier alpha value is -3.72. The first kappa shape index (κ1) is 32.7. The zero-order valence-electron chi connectivity index (χ0n) is 22.5. The number of aryl methyl sites for hydroxylation is 1. The third-order valence-corrected chi connectivity index (χ3v) is 11.3. The van der Waals surface area contributed by atoms with E-state index in [9.17, 15) is 58.2 Å². The number of carboxylic acid groups (broad SMARTS) is 1. The zero-order valence-corrected chi connectivity index (χ0v) is 24.1.